The van der Waals surface area contributed by atoms with Crippen molar-refractivity contribution in [3.05, 3.63) is 11.4 Å². The largest absolute Gasteiger partial charge is 0.457 e. The first kappa shape index (κ1) is 98.8. The van der Waals surface area contributed by atoms with Gasteiger partial charge in [0.05, 0.1) is 44.7 Å². The van der Waals surface area contributed by atoms with Crippen LogP contribution >= 0.6 is 0 Å². The molecule has 105 heavy (non-hydrogen) atoms. The standard InChI is InChI=1S/C16H19NO7.C16H24O7S.C15H22O7S.C14H20O8S.CO2.8CH4/c1-5-15(2,3)13(19)21-7-9(18)23-10-8-6-16(17-4)12(22-8)11(10)24-14(16)20;1-5-16(3,4)15(18)21-7-11(17)22-12-9-6-10-13(12)23-24(19,20)14(10)8(9)2;1-4-15(2,3)14(17)20-7-11(16)21-12-8-5-9-10(6-8)23(18,19)22-13(9)12;1-4-14(2,3)13(16)19-6-9(15)21-10-7-5-8-11(20-7)12(10)22-23(8,17)18;2-1-3;;;;;;;;/h8,10-12H,5-7H2,1-3H3;8-10,12-14H,5-7H2,1-4H3;8-10,12-13H,4-7H2,1-3H3;7-8,10-12H,4-6H2,1-3H3;;8*1H4. The van der Waals surface area contributed by atoms with Gasteiger partial charge in [0, 0.05) is 23.7 Å². The first-order valence-corrected chi connectivity index (χ1v) is 36.6. The minimum absolute atomic E-state index is 0. The van der Waals surface area contributed by atoms with Crippen LogP contribution in [0.15, 0.2) is 0 Å². The number of carbonyl (C=O) groups excluding carboxylic acids is 11. The monoisotopic (exact) mass is 1560 g/mol. The molecule has 0 aromatic rings. The van der Waals surface area contributed by atoms with Crippen LogP contribution < -0.4 is 0 Å². The van der Waals surface area contributed by atoms with Crippen molar-refractivity contribution in [3.8, 4) is 0 Å². The number of fused-ring (bicyclic) bond motifs is 4. The molecule has 0 radical (unpaired) electrons. The average Bonchev–Trinajstić information content (AvgIpc) is 1.56. The van der Waals surface area contributed by atoms with Gasteiger partial charge < -0.3 is 52.1 Å². The normalized spacial score (nSPS) is 33.4. The summed E-state index contributed by atoms with van der Waals surface area (Å²) in [6.45, 7) is 28.5. The third kappa shape index (κ3) is 19.4. The fraction of sp³-hybridized carbons (Fsp3) is 0.843. The highest BCUT2D eigenvalue weighted by atomic mass is 32.2. The molecule has 8 saturated heterocycles. The Morgan fingerprint density at radius 1 is 0.476 bits per heavy atom. The van der Waals surface area contributed by atoms with E-state index >= 15 is 0 Å². The summed E-state index contributed by atoms with van der Waals surface area (Å²) in [6.07, 6.45) is -2.84. The molecule has 21 atom stereocenters. The van der Waals surface area contributed by atoms with Crippen molar-refractivity contribution in [2.75, 3.05) is 26.4 Å². The molecule has 32 nitrogen and oxygen atoms in total. The summed E-state index contributed by atoms with van der Waals surface area (Å²) in [5.41, 5.74) is -3.95. The number of rotatable bonds is 20. The molecule has 35 heteroatoms. The Bertz CT molecular complexity index is 3430. The van der Waals surface area contributed by atoms with Crippen molar-refractivity contribution in [1.82, 2.24) is 0 Å². The third-order valence-corrected chi connectivity index (χ3v) is 26.7. The maximum absolute atomic E-state index is 12.0. The van der Waals surface area contributed by atoms with Gasteiger partial charge in [-0.3, -0.25) is 36.6 Å². The first-order chi connectivity index (χ1) is 45.1. The Kier molecular flexibility index (Phi) is 34.6. The van der Waals surface area contributed by atoms with Gasteiger partial charge in [0.1, 0.15) is 48.0 Å². The SMILES string of the molecule is C.C.C.C.C.C.C.C.CCC(C)(C)C(=O)OCC(=O)OC1C2CC3C(O2)C1OS3(=O)=O.CCC(C)(C)C(=O)OCC(=O)OC1C2CC3C1OS(=O)(=O)C3C2.CCC(C)(C)C(=O)OCC(=O)OC1C2CC3C1OS(=O)(=O)C3C2C.O=C=O.[C-]#[N+]C12CC3OC1C(OC2=O)C3OC(=O)COC(=O)C(C)(C)CC. The summed E-state index contributed by atoms with van der Waals surface area (Å²) in [4.78, 5) is 127. The number of nitrogens with zero attached hydrogens (tertiary/aromatic N) is 1. The lowest BCUT2D eigenvalue weighted by Gasteiger charge is -2.29. The van der Waals surface area contributed by atoms with Crippen molar-refractivity contribution in [3.63, 3.8) is 0 Å². The summed E-state index contributed by atoms with van der Waals surface area (Å²) >= 11 is 0. The van der Waals surface area contributed by atoms with Gasteiger partial charge in [-0.2, -0.15) is 34.8 Å². The molecule has 8 heterocycles. The lowest BCUT2D eigenvalue weighted by Crippen LogP contribution is -2.47. The molecule has 12 fully saturated rings. The lowest BCUT2D eigenvalue weighted by atomic mass is 9.82. The van der Waals surface area contributed by atoms with Crippen molar-refractivity contribution in [1.29, 1.82) is 0 Å². The van der Waals surface area contributed by atoms with Crippen LogP contribution in [-0.2, 0) is 148 Å². The third-order valence-electron chi connectivity index (χ3n) is 21.3. The number of hydrogen-bond acceptors (Lipinski definition) is 31. The lowest BCUT2D eigenvalue weighted by molar-refractivity contribution is -0.192. The van der Waals surface area contributed by atoms with E-state index in [1.54, 1.807) is 55.4 Å². The van der Waals surface area contributed by atoms with E-state index < -0.39 is 227 Å². The van der Waals surface area contributed by atoms with Gasteiger partial charge in [0.15, 0.2) is 50.8 Å². The van der Waals surface area contributed by atoms with E-state index in [9.17, 15) is 68.4 Å². The van der Waals surface area contributed by atoms with Crippen LogP contribution in [0.5, 0.6) is 0 Å². The number of ether oxygens (including phenoxy) is 11. The van der Waals surface area contributed by atoms with E-state index in [2.05, 4.69) is 4.85 Å². The summed E-state index contributed by atoms with van der Waals surface area (Å²) in [6, 6.07) is 0. The Morgan fingerprint density at radius 2 is 0.848 bits per heavy atom. The van der Waals surface area contributed by atoms with Crippen LogP contribution in [-0.4, -0.2) is 206 Å². The highest BCUT2D eigenvalue weighted by Crippen LogP contribution is 2.59. The highest BCUT2D eigenvalue weighted by molar-refractivity contribution is 7.88. The molecule has 0 aromatic heterocycles. The second-order valence-electron chi connectivity index (χ2n) is 28.8. The van der Waals surface area contributed by atoms with E-state index in [0.717, 1.165) is 0 Å². The smallest absolute Gasteiger partial charge is 0.397 e. The van der Waals surface area contributed by atoms with E-state index in [4.69, 9.17) is 80.8 Å². The Hall–Kier alpha value is -6.25. The van der Waals surface area contributed by atoms with Gasteiger partial charge in [-0.25, -0.2) is 30.5 Å². The zero-order chi connectivity index (χ0) is 72.2. The molecule has 21 unspecified atom stereocenters. The van der Waals surface area contributed by atoms with Crippen molar-refractivity contribution >= 4 is 90.2 Å². The molecule has 0 spiro atoms. The molecular formula is C70H117NO31S3. The average molecular weight is 1560 g/mol. The Balaban J connectivity index is 0.00000132. The maximum Gasteiger partial charge on any atom is 0.397 e. The fourth-order valence-corrected chi connectivity index (χ4v) is 19.7. The van der Waals surface area contributed by atoms with E-state index in [-0.39, 0.29) is 108 Å². The Morgan fingerprint density at radius 3 is 1.27 bits per heavy atom. The molecule has 0 N–H and O–H groups in total. The summed E-state index contributed by atoms with van der Waals surface area (Å²) in [5.74, 6) is -5.58. The van der Waals surface area contributed by atoms with Crippen LogP contribution in [0.25, 0.3) is 4.85 Å². The molecule has 12 aliphatic rings. The number of hydrogen-bond donors (Lipinski definition) is 0. The van der Waals surface area contributed by atoms with Crippen molar-refractivity contribution in [2.45, 2.75) is 302 Å². The quantitative estimate of drug-likeness (QED) is 0.0491. The zero-order valence-corrected chi connectivity index (χ0v) is 58.5. The topological polar surface area (TPSA) is 424 Å². The zero-order valence-electron chi connectivity index (χ0n) is 56.1. The minimum Gasteiger partial charge on any atom is -0.457 e. The van der Waals surface area contributed by atoms with Crippen LogP contribution in [0.1, 0.15) is 207 Å². The van der Waals surface area contributed by atoms with Crippen LogP contribution in [0.3, 0.4) is 0 Å². The molecular weight excluding hydrogens is 1450 g/mol. The van der Waals surface area contributed by atoms with Gasteiger partial charge in [-0.1, -0.05) is 94.0 Å². The van der Waals surface area contributed by atoms with Gasteiger partial charge in [0.25, 0.3) is 30.4 Å². The van der Waals surface area contributed by atoms with Crippen molar-refractivity contribution < 1.29 is 143 Å². The Labute approximate surface area is 620 Å². The van der Waals surface area contributed by atoms with Crippen molar-refractivity contribution in [2.24, 2.45) is 51.2 Å². The molecule has 12 rings (SSSR count). The van der Waals surface area contributed by atoms with Gasteiger partial charge in [-0.15, -0.1) is 0 Å². The number of carbonyl (C=O) groups is 9. The molecule has 8 aliphatic heterocycles. The predicted molar refractivity (Wildman–Crippen MR) is 374 cm³/mol. The number of esters is 9. The molecule has 0 amide bonds. The van der Waals surface area contributed by atoms with E-state index in [0.29, 0.717) is 44.9 Å². The van der Waals surface area contributed by atoms with E-state index in [1.807, 2.05) is 34.6 Å². The van der Waals surface area contributed by atoms with Gasteiger partial charge >= 0.3 is 65.4 Å². The van der Waals surface area contributed by atoms with Crippen LogP contribution in [0.2, 0.25) is 0 Å². The highest BCUT2D eigenvalue weighted by Gasteiger charge is 2.79. The molecule has 0 aromatic carbocycles. The minimum atomic E-state index is -3.65. The summed E-state index contributed by atoms with van der Waals surface area (Å²) in [7, 11) is -10.7. The molecule has 4 aliphatic carbocycles. The maximum atomic E-state index is 12.0. The molecule has 4 saturated carbocycles. The summed E-state index contributed by atoms with van der Waals surface area (Å²) in [5, 5.41) is -1.60. The van der Waals surface area contributed by atoms with Crippen LogP contribution in [0, 0.1) is 57.8 Å². The predicted octanol–water partition coefficient (Wildman–Crippen LogP) is 7.56. The fourth-order valence-electron chi connectivity index (χ4n) is 14.1. The van der Waals surface area contributed by atoms with Gasteiger partial charge in [-0.05, 0) is 113 Å². The van der Waals surface area contributed by atoms with Gasteiger partial charge in [0.2, 0.25) is 0 Å². The molecule has 8 bridgehead atoms. The second-order valence-corrected chi connectivity index (χ2v) is 34.0. The van der Waals surface area contributed by atoms with E-state index in [1.165, 1.54) is 0 Å². The second kappa shape index (κ2) is 36.8. The molecule has 606 valence electrons. The first-order valence-electron chi connectivity index (χ1n) is 32.2. The van der Waals surface area contributed by atoms with Crippen LogP contribution in [0.4, 0.5) is 0 Å². The summed E-state index contributed by atoms with van der Waals surface area (Å²) < 4.78 is 144.